The van der Waals surface area contributed by atoms with Crippen molar-refractivity contribution in [2.45, 2.75) is 76.4 Å². The number of aliphatic hydroxyl groups excluding tert-OH is 3. The molecule has 1 saturated heterocycles. The first-order chi connectivity index (χ1) is 13.4. The highest BCUT2D eigenvalue weighted by atomic mass is 35.5. The Labute approximate surface area is 174 Å². The smallest absolute Gasteiger partial charge is 0.345 e. The van der Waals surface area contributed by atoms with Gasteiger partial charge < -0.3 is 30.3 Å². The Bertz CT molecular complexity index is 571. The second-order valence-corrected chi connectivity index (χ2v) is 8.09. The number of rotatable bonds is 9. The lowest BCUT2D eigenvalue weighted by Gasteiger charge is -2.57. The highest BCUT2D eigenvalue weighted by molar-refractivity contribution is 6.18. The number of nitrogens with zero attached hydrogens (tertiary/aromatic N) is 3. The van der Waals surface area contributed by atoms with Gasteiger partial charge in [0.25, 0.3) is 0 Å². The molecule has 2 amide bonds. The molecular formula is C17H32ClN3O8. The molecule has 1 heterocycles. The maximum Gasteiger partial charge on any atom is 0.345 e. The lowest BCUT2D eigenvalue weighted by Crippen LogP contribution is -2.79. The van der Waals surface area contributed by atoms with Crippen molar-refractivity contribution in [2.75, 3.05) is 19.0 Å². The van der Waals surface area contributed by atoms with Gasteiger partial charge >= 0.3 is 6.03 Å². The van der Waals surface area contributed by atoms with E-state index in [0.29, 0.717) is 9.91 Å². The minimum Gasteiger partial charge on any atom is -0.394 e. The Morgan fingerprint density at radius 3 is 2.28 bits per heavy atom. The van der Waals surface area contributed by atoms with Crippen LogP contribution in [0.3, 0.4) is 0 Å². The van der Waals surface area contributed by atoms with Crippen LogP contribution in [0.15, 0.2) is 5.29 Å². The molecule has 12 heteroatoms. The number of ether oxygens (including phenoxy) is 1. The van der Waals surface area contributed by atoms with E-state index in [1.54, 1.807) is 20.8 Å². The lowest BCUT2D eigenvalue weighted by molar-refractivity contribution is -0.402. The summed E-state index contributed by atoms with van der Waals surface area (Å²) in [4.78, 5) is 24.9. The van der Waals surface area contributed by atoms with E-state index in [4.69, 9.17) is 16.3 Å². The van der Waals surface area contributed by atoms with Gasteiger partial charge in [-0.2, -0.15) is 5.01 Å². The predicted molar refractivity (Wildman–Crippen MR) is 104 cm³/mol. The fourth-order valence-corrected chi connectivity index (χ4v) is 3.73. The van der Waals surface area contributed by atoms with E-state index in [-0.39, 0.29) is 31.2 Å². The molecule has 0 aromatic carbocycles. The van der Waals surface area contributed by atoms with E-state index in [2.05, 4.69) is 5.29 Å². The van der Waals surface area contributed by atoms with Crippen molar-refractivity contribution in [1.29, 1.82) is 0 Å². The van der Waals surface area contributed by atoms with Crippen molar-refractivity contribution >= 4 is 17.6 Å². The van der Waals surface area contributed by atoms with Crippen LogP contribution in [0.1, 0.15) is 40.5 Å². The molecule has 1 fully saturated rings. The molecule has 1 unspecified atom stereocenters. The molecular weight excluding hydrogens is 410 g/mol. The van der Waals surface area contributed by atoms with Crippen LogP contribution in [0.25, 0.3) is 0 Å². The van der Waals surface area contributed by atoms with Gasteiger partial charge in [-0.15, -0.1) is 16.5 Å². The maximum absolute atomic E-state index is 13.0. The minimum atomic E-state index is -2.79. The third kappa shape index (κ3) is 4.98. The van der Waals surface area contributed by atoms with Crippen LogP contribution in [-0.4, -0.2) is 96.4 Å². The molecule has 170 valence electrons. The fourth-order valence-electron chi connectivity index (χ4n) is 3.57. The van der Waals surface area contributed by atoms with E-state index in [9.17, 15) is 35.2 Å². The van der Waals surface area contributed by atoms with Crippen LogP contribution in [0, 0.1) is 10.8 Å². The molecule has 29 heavy (non-hydrogen) atoms. The second-order valence-electron chi connectivity index (χ2n) is 7.72. The molecule has 0 aliphatic carbocycles. The summed E-state index contributed by atoms with van der Waals surface area (Å²) in [6, 6.07) is -1.93. The van der Waals surface area contributed by atoms with Crippen LogP contribution >= 0.6 is 11.6 Å². The minimum absolute atomic E-state index is 0.130. The molecule has 0 aromatic heterocycles. The third-order valence-corrected chi connectivity index (χ3v) is 5.26. The SMILES string of the molecule is CCC(C)N(C(=O)N(CCCl)N=O)[C@]1(O)[C@H](O)[C@@H](CO)O[C@@](O)(CC(C)C)[C@@H]1O. The monoisotopic (exact) mass is 441 g/mol. The van der Waals surface area contributed by atoms with Gasteiger partial charge in [0.1, 0.15) is 12.2 Å². The number of aliphatic hydroxyl groups is 5. The Kier molecular flexibility index (Phi) is 9.21. The van der Waals surface area contributed by atoms with Gasteiger partial charge in [-0.05, 0) is 19.3 Å². The van der Waals surface area contributed by atoms with Crippen molar-refractivity contribution in [1.82, 2.24) is 9.91 Å². The molecule has 0 bridgehead atoms. The van der Waals surface area contributed by atoms with E-state index < -0.39 is 48.5 Å². The number of urea groups is 1. The van der Waals surface area contributed by atoms with Gasteiger partial charge in [-0.3, -0.25) is 4.90 Å². The largest absolute Gasteiger partial charge is 0.394 e. The zero-order valence-electron chi connectivity index (χ0n) is 17.1. The number of carbonyl (C=O) groups excluding carboxylic acids is 1. The Balaban J connectivity index is 3.58. The number of hydrogen-bond donors (Lipinski definition) is 5. The van der Waals surface area contributed by atoms with Gasteiger partial charge in [-0.1, -0.05) is 20.8 Å². The first kappa shape index (κ1) is 26.0. The van der Waals surface area contributed by atoms with Crippen LogP contribution < -0.4 is 0 Å². The number of carbonyl (C=O) groups is 1. The number of amides is 2. The average Bonchev–Trinajstić information content (AvgIpc) is 2.67. The van der Waals surface area contributed by atoms with Gasteiger partial charge in [0, 0.05) is 18.3 Å². The summed E-state index contributed by atoms with van der Waals surface area (Å²) in [5.74, 6) is -2.73. The predicted octanol–water partition coefficient (Wildman–Crippen LogP) is -0.0347. The van der Waals surface area contributed by atoms with Crippen LogP contribution in [0.4, 0.5) is 4.79 Å². The maximum atomic E-state index is 13.0. The second kappa shape index (κ2) is 10.3. The van der Waals surface area contributed by atoms with Crippen LogP contribution in [0.2, 0.25) is 0 Å². The molecule has 1 rings (SSSR count). The first-order valence-corrected chi connectivity index (χ1v) is 10.1. The molecule has 0 radical (unpaired) electrons. The summed E-state index contributed by atoms with van der Waals surface area (Å²) in [5.41, 5.74) is -2.79. The van der Waals surface area contributed by atoms with Crippen molar-refractivity contribution in [2.24, 2.45) is 11.2 Å². The van der Waals surface area contributed by atoms with E-state index in [1.807, 2.05) is 0 Å². The molecule has 11 nitrogen and oxygen atoms in total. The molecule has 0 spiro atoms. The summed E-state index contributed by atoms with van der Waals surface area (Å²) in [7, 11) is 0. The van der Waals surface area contributed by atoms with Gasteiger partial charge in [0.15, 0.2) is 11.9 Å². The number of nitroso groups, excluding NO2 is 1. The van der Waals surface area contributed by atoms with Crippen molar-refractivity contribution in [3.8, 4) is 0 Å². The highest BCUT2D eigenvalue weighted by Crippen LogP contribution is 2.42. The topological polar surface area (TPSA) is 163 Å². The Morgan fingerprint density at radius 2 is 1.86 bits per heavy atom. The molecule has 0 aromatic rings. The average molecular weight is 442 g/mol. The zero-order chi connectivity index (χ0) is 22.6. The third-order valence-electron chi connectivity index (χ3n) is 5.09. The molecule has 0 saturated carbocycles. The molecule has 1 aliphatic rings. The molecule has 5 N–H and O–H groups in total. The number of hydrogen-bond acceptors (Lipinski definition) is 9. The summed E-state index contributed by atoms with van der Waals surface area (Å²) in [6.45, 7) is 5.55. The Hall–Kier alpha value is -1.08. The fraction of sp³-hybridized carbons (Fsp3) is 0.941. The standard InChI is InChI=1S/C17H32ClN3O8/c1-5-11(4)21(15(25)20(19-28)7-6-18)17(27)13(23)12(9-22)29-16(26,14(17)24)8-10(2)3/h10-14,22-24,26-27H,5-9H2,1-4H3/t11?,12-,13-,14+,16+,17+/m1/s1. The van der Waals surface area contributed by atoms with Crippen molar-refractivity contribution in [3.05, 3.63) is 4.91 Å². The van der Waals surface area contributed by atoms with Gasteiger partial charge in [0.2, 0.25) is 5.72 Å². The van der Waals surface area contributed by atoms with Crippen molar-refractivity contribution < 1.29 is 35.1 Å². The van der Waals surface area contributed by atoms with E-state index in [0.717, 1.165) is 0 Å². The van der Waals surface area contributed by atoms with Crippen molar-refractivity contribution in [3.63, 3.8) is 0 Å². The summed E-state index contributed by atoms with van der Waals surface area (Å²) in [5, 5.41) is 56.7. The van der Waals surface area contributed by atoms with E-state index in [1.165, 1.54) is 6.92 Å². The molecule has 1 aliphatic heterocycles. The zero-order valence-corrected chi connectivity index (χ0v) is 17.9. The number of halogens is 1. The molecule has 6 atom stereocenters. The quantitative estimate of drug-likeness (QED) is 0.144. The summed E-state index contributed by atoms with van der Waals surface area (Å²) < 4.78 is 5.32. The normalized spacial score (nSPS) is 33.4. The first-order valence-electron chi connectivity index (χ1n) is 9.54. The van der Waals surface area contributed by atoms with E-state index >= 15 is 0 Å². The number of alkyl halides is 1. The Morgan fingerprint density at radius 1 is 1.28 bits per heavy atom. The summed E-state index contributed by atoms with van der Waals surface area (Å²) in [6.07, 6.45) is -5.61. The lowest BCUT2D eigenvalue weighted by atomic mass is 9.81. The van der Waals surface area contributed by atoms with Gasteiger partial charge in [0.05, 0.1) is 18.4 Å². The highest BCUT2D eigenvalue weighted by Gasteiger charge is 2.66. The van der Waals surface area contributed by atoms with Gasteiger partial charge in [-0.25, -0.2) is 4.79 Å². The van der Waals surface area contributed by atoms with Crippen LogP contribution in [0.5, 0.6) is 0 Å². The summed E-state index contributed by atoms with van der Waals surface area (Å²) >= 11 is 5.60. The van der Waals surface area contributed by atoms with Crippen LogP contribution in [-0.2, 0) is 4.74 Å².